The second-order valence-corrected chi connectivity index (χ2v) is 9.14. The maximum atomic E-state index is 13.5. The highest BCUT2D eigenvalue weighted by Crippen LogP contribution is 2.26. The number of carbonyl (C=O) groups is 2. The Balaban J connectivity index is 1.35. The number of hydrogen-bond acceptors (Lipinski definition) is 4. The molecule has 0 unspecified atom stereocenters. The third-order valence-corrected chi connectivity index (χ3v) is 6.65. The number of carboxylic acid groups (broad SMARTS) is 1. The van der Waals surface area contributed by atoms with E-state index in [1.165, 1.54) is 29.2 Å². The van der Waals surface area contributed by atoms with Gasteiger partial charge in [-0.15, -0.1) is 0 Å². The van der Waals surface area contributed by atoms with Gasteiger partial charge in [-0.1, -0.05) is 59.8 Å². The van der Waals surface area contributed by atoms with Crippen LogP contribution in [0.5, 0.6) is 0 Å². The molecule has 0 aliphatic carbocycles. The summed E-state index contributed by atoms with van der Waals surface area (Å²) in [5.41, 5.74) is 5.90. The van der Waals surface area contributed by atoms with Crippen molar-refractivity contribution in [3.8, 4) is 11.3 Å². The Morgan fingerprint density at radius 3 is 2.39 bits per heavy atom. The van der Waals surface area contributed by atoms with Gasteiger partial charge in [-0.3, -0.25) is 4.79 Å². The number of pyridine rings is 1. The molecule has 2 N–H and O–H groups in total. The van der Waals surface area contributed by atoms with Crippen molar-refractivity contribution in [1.29, 1.82) is 0 Å². The highest BCUT2D eigenvalue weighted by Gasteiger charge is 2.17. The van der Waals surface area contributed by atoms with Crippen molar-refractivity contribution in [3.63, 3.8) is 0 Å². The van der Waals surface area contributed by atoms with Crippen LogP contribution in [0.4, 0.5) is 0 Å². The van der Waals surface area contributed by atoms with Gasteiger partial charge in [0, 0.05) is 35.8 Å². The van der Waals surface area contributed by atoms with Crippen LogP contribution in [0.3, 0.4) is 0 Å². The number of hydrogen-bond donors (Lipinski definition) is 2. The fourth-order valence-corrected chi connectivity index (χ4v) is 4.73. The van der Waals surface area contributed by atoms with E-state index < -0.39 is 5.97 Å². The Hall–Kier alpha value is -5.17. The molecule has 0 fully saturated rings. The lowest BCUT2D eigenvalue weighted by molar-refractivity contribution is 0.0696. The van der Waals surface area contributed by atoms with Crippen LogP contribution in [0, 0.1) is 0 Å². The van der Waals surface area contributed by atoms with Gasteiger partial charge in [0.15, 0.2) is 0 Å². The maximum absolute atomic E-state index is 13.5. The largest absolute Gasteiger partial charge is 0.478 e. The van der Waals surface area contributed by atoms with Crippen LogP contribution in [0.1, 0.15) is 37.7 Å². The number of aromatic carboxylic acids is 1. The molecular formula is C31H23N3O4. The predicted octanol–water partition coefficient (Wildman–Crippen LogP) is 5.97. The minimum Gasteiger partial charge on any atom is -0.478 e. The van der Waals surface area contributed by atoms with Crippen LogP contribution in [-0.4, -0.2) is 26.5 Å². The molecule has 6 rings (SSSR count). The smallest absolute Gasteiger partial charge is 0.335 e. The number of carbonyl (C=O) groups excluding carboxylic acids is 1. The maximum Gasteiger partial charge on any atom is 0.335 e. The number of benzene rings is 3. The minimum absolute atomic E-state index is 0.202. The normalized spacial score (nSPS) is 11.2. The first-order valence-corrected chi connectivity index (χ1v) is 12.2. The van der Waals surface area contributed by atoms with Crippen LogP contribution in [0.15, 0.2) is 108 Å². The zero-order chi connectivity index (χ0) is 26.1. The van der Waals surface area contributed by atoms with Crippen molar-refractivity contribution in [3.05, 3.63) is 131 Å². The SMILES string of the molecule is O=C(O)c1ccc(CNC(=O)c2cc(-c3ccon3)cc3ccc(Cc4ccc5ccccc5c4)n23)cc1. The number of aromatic nitrogens is 2. The molecule has 186 valence electrons. The second-order valence-electron chi connectivity index (χ2n) is 9.14. The van der Waals surface area contributed by atoms with Crippen molar-refractivity contribution in [2.75, 3.05) is 0 Å². The number of amides is 1. The third-order valence-electron chi connectivity index (χ3n) is 6.65. The molecule has 7 nitrogen and oxygen atoms in total. The monoisotopic (exact) mass is 501 g/mol. The van der Waals surface area contributed by atoms with Gasteiger partial charge in [-0.05, 0) is 58.3 Å². The topological polar surface area (TPSA) is 96.8 Å². The van der Waals surface area contributed by atoms with E-state index in [1.807, 2.05) is 40.8 Å². The first-order chi connectivity index (χ1) is 18.5. The summed E-state index contributed by atoms with van der Waals surface area (Å²) in [6.45, 7) is 0.260. The van der Waals surface area contributed by atoms with Gasteiger partial charge in [0.2, 0.25) is 0 Å². The van der Waals surface area contributed by atoms with E-state index in [-0.39, 0.29) is 18.0 Å². The highest BCUT2D eigenvalue weighted by molar-refractivity contribution is 5.95. The molecule has 3 heterocycles. The molecule has 0 aliphatic rings. The molecule has 0 atom stereocenters. The average Bonchev–Trinajstić information content (AvgIpc) is 3.62. The van der Waals surface area contributed by atoms with E-state index in [4.69, 9.17) is 9.63 Å². The third kappa shape index (κ3) is 4.53. The van der Waals surface area contributed by atoms with Gasteiger partial charge in [-0.25, -0.2) is 4.79 Å². The van der Waals surface area contributed by atoms with Crippen LogP contribution in [0.25, 0.3) is 27.5 Å². The summed E-state index contributed by atoms with van der Waals surface area (Å²) in [6, 6.07) is 30.7. The minimum atomic E-state index is -0.987. The first kappa shape index (κ1) is 23.2. The van der Waals surface area contributed by atoms with Crippen LogP contribution >= 0.6 is 0 Å². The lowest BCUT2D eigenvalue weighted by atomic mass is 10.0. The molecule has 0 aliphatic heterocycles. The summed E-state index contributed by atoms with van der Waals surface area (Å²) in [4.78, 5) is 24.7. The highest BCUT2D eigenvalue weighted by atomic mass is 16.5. The van der Waals surface area contributed by atoms with E-state index in [2.05, 4.69) is 40.8 Å². The van der Waals surface area contributed by atoms with Crippen molar-refractivity contribution in [1.82, 2.24) is 14.9 Å². The Labute approximate surface area is 217 Å². The second kappa shape index (κ2) is 9.71. The fourth-order valence-electron chi connectivity index (χ4n) is 4.73. The summed E-state index contributed by atoms with van der Waals surface area (Å²) in [6.07, 6.45) is 2.16. The van der Waals surface area contributed by atoms with E-state index >= 15 is 0 Å². The van der Waals surface area contributed by atoms with E-state index in [9.17, 15) is 9.59 Å². The van der Waals surface area contributed by atoms with Crippen molar-refractivity contribution in [2.24, 2.45) is 0 Å². The zero-order valence-electron chi connectivity index (χ0n) is 20.3. The van der Waals surface area contributed by atoms with Gasteiger partial charge in [-0.2, -0.15) is 0 Å². The van der Waals surface area contributed by atoms with Gasteiger partial charge in [0.1, 0.15) is 17.7 Å². The van der Waals surface area contributed by atoms with Gasteiger partial charge in [0.25, 0.3) is 5.91 Å². The zero-order valence-corrected chi connectivity index (χ0v) is 20.3. The van der Waals surface area contributed by atoms with Gasteiger partial charge >= 0.3 is 5.97 Å². The summed E-state index contributed by atoms with van der Waals surface area (Å²) < 4.78 is 7.01. The summed E-state index contributed by atoms with van der Waals surface area (Å²) in [5.74, 6) is -1.24. The molecule has 6 aromatic rings. The predicted molar refractivity (Wildman–Crippen MR) is 144 cm³/mol. The Morgan fingerprint density at radius 1 is 0.842 bits per heavy atom. The first-order valence-electron chi connectivity index (χ1n) is 12.2. The molecule has 0 bridgehead atoms. The molecule has 0 radical (unpaired) electrons. The number of nitrogens with zero attached hydrogens (tertiary/aromatic N) is 2. The molecule has 3 aromatic heterocycles. The van der Waals surface area contributed by atoms with Crippen LogP contribution in [0.2, 0.25) is 0 Å². The Kier molecular flexibility index (Phi) is 5.94. The van der Waals surface area contributed by atoms with Gasteiger partial charge in [0.05, 0.1) is 5.56 Å². The standard InChI is InChI=1S/C31H23N3O4/c35-30(32-19-20-5-9-23(10-6-20)31(36)37)29-18-25(28-13-14-38-33-28)17-27-12-11-26(34(27)29)16-21-7-8-22-3-1-2-4-24(22)15-21/h1-15,17-18H,16,19H2,(H,32,35)(H,36,37). The Morgan fingerprint density at radius 2 is 1.63 bits per heavy atom. The molecular weight excluding hydrogens is 478 g/mol. The molecule has 38 heavy (non-hydrogen) atoms. The fraction of sp³-hybridized carbons (Fsp3) is 0.0645. The number of nitrogens with one attached hydrogen (secondary N) is 1. The van der Waals surface area contributed by atoms with Gasteiger partial charge < -0.3 is 19.3 Å². The number of carboxylic acids is 1. The molecule has 7 heteroatoms. The van der Waals surface area contributed by atoms with Crippen molar-refractivity contribution >= 4 is 28.2 Å². The summed E-state index contributed by atoms with van der Waals surface area (Å²) in [5, 5.41) is 18.5. The van der Waals surface area contributed by atoms with Crippen molar-refractivity contribution in [2.45, 2.75) is 13.0 Å². The van der Waals surface area contributed by atoms with E-state index in [0.717, 1.165) is 27.9 Å². The molecule has 0 saturated heterocycles. The van der Waals surface area contributed by atoms with Crippen molar-refractivity contribution < 1.29 is 19.2 Å². The van der Waals surface area contributed by atoms with E-state index in [1.54, 1.807) is 18.2 Å². The molecule has 3 aromatic carbocycles. The molecule has 0 saturated carbocycles. The van der Waals surface area contributed by atoms with E-state index in [0.29, 0.717) is 17.8 Å². The average molecular weight is 502 g/mol. The van der Waals surface area contributed by atoms with Crippen LogP contribution in [-0.2, 0) is 13.0 Å². The lowest BCUT2D eigenvalue weighted by Gasteiger charge is -2.13. The number of rotatable bonds is 7. The Bertz CT molecular complexity index is 1780. The lowest BCUT2D eigenvalue weighted by Crippen LogP contribution is -2.25. The number of fused-ring (bicyclic) bond motifs is 2. The summed E-state index contributed by atoms with van der Waals surface area (Å²) >= 11 is 0. The van der Waals surface area contributed by atoms with Crippen LogP contribution < -0.4 is 5.32 Å². The molecule has 0 spiro atoms. The molecule has 1 amide bonds. The summed E-state index contributed by atoms with van der Waals surface area (Å²) in [7, 11) is 0. The quantitative estimate of drug-likeness (QED) is 0.281.